The molecule has 5 rings (SSSR count). The number of hydrazine groups is 3. The largest absolute Gasteiger partial charge is 0.378 e. The van der Waals surface area contributed by atoms with Gasteiger partial charge in [-0.3, -0.25) is 5.01 Å². The van der Waals surface area contributed by atoms with Crippen molar-refractivity contribution < 1.29 is 4.74 Å². The number of nitrogens with one attached hydrogen (secondary N) is 4. The summed E-state index contributed by atoms with van der Waals surface area (Å²) < 4.78 is 5.47. The fourth-order valence-corrected chi connectivity index (χ4v) is 3.74. The van der Waals surface area contributed by atoms with E-state index in [1.165, 1.54) is 5.69 Å². The van der Waals surface area contributed by atoms with Gasteiger partial charge in [-0.1, -0.05) is 12.1 Å². The Hall–Kier alpha value is -3.24. The molecule has 4 N–H and O–H groups in total. The van der Waals surface area contributed by atoms with Gasteiger partial charge in [-0.2, -0.15) is 11.1 Å². The Morgan fingerprint density at radius 1 is 1.03 bits per heavy atom. The molecule has 1 unspecified atom stereocenters. The van der Waals surface area contributed by atoms with Crippen LogP contribution in [0.3, 0.4) is 0 Å². The van der Waals surface area contributed by atoms with E-state index in [0.717, 1.165) is 48.9 Å². The van der Waals surface area contributed by atoms with Crippen molar-refractivity contribution in [2.24, 2.45) is 0 Å². The van der Waals surface area contributed by atoms with Crippen molar-refractivity contribution in [2.75, 3.05) is 41.5 Å². The van der Waals surface area contributed by atoms with Gasteiger partial charge in [-0.15, -0.1) is 0 Å². The summed E-state index contributed by atoms with van der Waals surface area (Å²) in [6.45, 7) is 5.42. The van der Waals surface area contributed by atoms with Gasteiger partial charge in [0.25, 0.3) is 0 Å². The minimum Gasteiger partial charge on any atom is -0.378 e. The second kappa shape index (κ2) is 8.86. The zero-order valence-corrected chi connectivity index (χ0v) is 17.4. The third kappa shape index (κ3) is 4.44. The number of nitrogens with zero attached hydrogens (tertiary/aromatic N) is 4. The number of anilines is 4. The molecule has 0 bridgehead atoms. The van der Waals surface area contributed by atoms with Gasteiger partial charge >= 0.3 is 0 Å². The number of morpholine rings is 1. The molecule has 0 aliphatic carbocycles. The second-order valence-electron chi connectivity index (χ2n) is 7.51. The predicted octanol–water partition coefficient (Wildman–Crippen LogP) is 2.40. The maximum atomic E-state index is 5.47. The van der Waals surface area contributed by atoms with Crippen LogP contribution in [0.1, 0.15) is 6.92 Å². The molecule has 2 saturated heterocycles. The van der Waals surface area contributed by atoms with E-state index in [2.05, 4.69) is 62.9 Å². The van der Waals surface area contributed by atoms with E-state index in [-0.39, 0.29) is 6.17 Å². The lowest BCUT2D eigenvalue weighted by Gasteiger charge is -2.29. The fraction of sp³-hybridized carbons (Fsp3) is 0.273. The molecule has 2 aliphatic heterocycles. The van der Waals surface area contributed by atoms with Gasteiger partial charge < -0.3 is 15.0 Å². The Morgan fingerprint density at radius 3 is 2.65 bits per heavy atom. The Bertz CT molecular complexity index is 1020. The number of hydrogen-bond donors (Lipinski definition) is 4. The van der Waals surface area contributed by atoms with Crippen LogP contribution in [0.15, 0.2) is 60.8 Å². The lowest BCUT2D eigenvalue weighted by atomic mass is 10.1. The van der Waals surface area contributed by atoms with Crippen LogP contribution in [0.5, 0.6) is 0 Å². The first-order valence-electron chi connectivity index (χ1n) is 10.4. The van der Waals surface area contributed by atoms with E-state index in [1.54, 1.807) is 6.20 Å². The average molecular weight is 419 g/mol. The summed E-state index contributed by atoms with van der Waals surface area (Å²) in [5, 5.41) is 5.30. The highest BCUT2D eigenvalue weighted by Crippen LogP contribution is 2.26. The van der Waals surface area contributed by atoms with Crippen LogP contribution < -0.4 is 31.7 Å². The molecule has 2 aliphatic rings. The van der Waals surface area contributed by atoms with Crippen molar-refractivity contribution in [3.63, 3.8) is 0 Å². The number of hydrogen-bond acceptors (Lipinski definition) is 9. The molecule has 160 valence electrons. The molecule has 0 saturated carbocycles. The second-order valence-corrected chi connectivity index (χ2v) is 7.51. The Balaban J connectivity index is 1.31. The molecule has 2 aromatic carbocycles. The molecular weight excluding hydrogens is 392 g/mol. The van der Waals surface area contributed by atoms with Crippen molar-refractivity contribution in [1.82, 2.24) is 26.5 Å². The molecule has 3 aromatic rings. The molecule has 9 heteroatoms. The van der Waals surface area contributed by atoms with Crippen LogP contribution in [-0.2, 0) is 4.74 Å². The standard InChI is InChI=1S/C22H26N8O/c1-16-26-27-28-30(16)19-7-5-18(6-8-19)24-22-23-10-9-21(25-22)17-3-2-4-20(15-17)29-11-13-31-14-12-29/h2-10,15-16,26-28H,11-14H2,1H3,(H,23,24,25). The minimum absolute atomic E-state index is 0.145. The topological polar surface area (TPSA) is 89.6 Å². The van der Waals surface area contributed by atoms with Gasteiger partial charge in [-0.25, -0.2) is 15.4 Å². The molecule has 9 nitrogen and oxygen atoms in total. The van der Waals surface area contributed by atoms with Gasteiger partial charge in [-0.05, 0) is 49.4 Å². The van der Waals surface area contributed by atoms with Crippen LogP contribution in [0.25, 0.3) is 11.3 Å². The van der Waals surface area contributed by atoms with Crippen LogP contribution >= 0.6 is 0 Å². The van der Waals surface area contributed by atoms with Crippen molar-refractivity contribution in [1.29, 1.82) is 0 Å². The molecule has 31 heavy (non-hydrogen) atoms. The highest BCUT2D eigenvalue weighted by atomic mass is 16.5. The average Bonchev–Trinajstić information content (AvgIpc) is 3.26. The monoisotopic (exact) mass is 418 g/mol. The molecule has 0 spiro atoms. The molecule has 1 atom stereocenters. The van der Waals surface area contributed by atoms with Crippen molar-refractivity contribution in [3.8, 4) is 11.3 Å². The smallest absolute Gasteiger partial charge is 0.227 e. The van der Waals surface area contributed by atoms with Gasteiger partial charge in [0.05, 0.1) is 24.6 Å². The minimum atomic E-state index is 0.145. The maximum Gasteiger partial charge on any atom is 0.227 e. The molecular formula is C22H26N8O. The highest BCUT2D eigenvalue weighted by Gasteiger charge is 2.19. The molecule has 2 fully saturated rings. The van der Waals surface area contributed by atoms with Gasteiger partial charge in [0, 0.05) is 36.2 Å². The van der Waals surface area contributed by atoms with E-state index in [4.69, 9.17) is 9.72 Å². The van der Waals surface area contributed by atoms with Crippen LogP contribution in [-0.4, -0.2) is 42.4 Å². The third-order valence-electron chi connectivity index (χ3n) is 5.42. The summed E-state index contributed by atoms with van der Waals surface area (Å²) in [4.78, 5) is 11.5. The van der Waals surface area contributed by atoms with Gasteiger partial charge in [0.2, 0.25) is 5.95 Å². The number of rotatable bonds is 5. The van der Waals surface area contributed by atoms with E-state index in [0.29, 0.717) is 5.95 Å². The van der Waals surface area contributed by atoms with E-state index < -0.39 is 0 Å². The Kier molecular flexibility index (Phi) is 5.63. The van der Waals surface area contributed by atoms with Crippen LogP contribution in [0, 0.1) is 0 Å². The SMILES string of the molecule is CC1NNNN1c1ccc(Nc2nccc(-c3cccc(N4CCOCC4)c3)n2)cc1. The van der Waals surface area contributed by atoms with Crippen LogP contribution in [0.2, 0.25) is 0 Å². The first kappa shape index (κ1) is 19.7. The first-order chi connectivity index (χ1) is 15.3. The fourth-order valence-electron chi connectivity index (χ4n) is 3.74. The molecule has 0 radical (unpaired) electrons. The molecule has 0 amide bonds. The van der Waals surface area contributed by atoms with E-state index in [1.807, 2.05) is 35.3 Å². The van der Waals surface area contributed by atoms with Crippen molar-refractivity contribution >= 4 is 23.0 Å². The third-order valence-corrected chi connectivity index (χ3v) is 5.42. The van der Waals surface area contributed by atoms with E-state index in [9.17, 15) is 0 Å². The zero-order chi connectivity index (χ0) is 21.0. The normalized spacial score (nSPS) is 18.9. The van der Waals surface area contributed by atoms with E-state index >= 15 is 0 Å². The summed E-state index contributed by atoms with van der Waals surface area (Å²) in [5.74, 6) is 0.568. The first-order valence-corrected chi connectivity index (χ1v) is 10.4. The Labute approximate surface area is 181 Å². The summed E-state index contributed by atoms with van der Waals surface area (Å²) in [6.07, 6.45) is 1.93. The summed E-state index contributed by atoms with van der Waals surface area (Å²) >= 11 is 0. The highest BCUT2D eigenvalue weighted by molar-refractivity contribution is 5.67. The summed E-state index contributed by atoms with van der Waals surface area (Å²) in [5.41, 5.74) is 14.2. The van der Waals surface area contributed by atoms with Gasteiger partial charge in [0.15, 0.2) is 0 Å². The predicted molar refractivity (Wildman–Crippen MR) is 122 cm³/mol. The zero-order valence-electron chi connectivity index (χ0n) is 17.4. The summed E-state index contributed by atoms with van der Waals surface area (Å²) in [7, 11) is 0. The van der Waals surface area contributed by atoms with Gasteiger partial charge in [0.1, 0.15) is 6.17 Å². The maximum absolute atomic E-state index is 5.47. The lowest BCUT2D eigenvalue weighted by Crippen LogP contribution is -2.38. The summed E-state index contributed by atoms with van der Waals surface area (Å²) in [6, 6.07) is 18.5. The number of ether oxygens (including phenoxy) is 1. The van der Waals surface area contributed by atoms with Crippen molar-refractivity contribution in [3.05, 3.63) is 60.8 Å². The Morgan fingerprint density at radius 2 is 1.87 bits per heavy atom. The lowest BCUT2D eigenvalue weighted by molar-refractivity contribution is 0.122. The van der Waals surface area contributed by atoms with Crippen LogP contribution in [0.4, 0.5) is 23.0 Å². The molecule has 1 aromatic heterocycles. The van der Waals surface area contributed by atoms with Crippen molar-refractivity contribution in [2.45, 2.75) is 13.1 Å². The number of benzene rings is 2. The quantitative estimate of drug-likeness (QED) is 0.499. The number of aromatic nitrogens is 2. The molecule has 3 heterocycles.